The molecule has 112 valence electrons. The van der Waals surface area contributed by atoms with Gasteiger partial charge in [-0.1, -0.05) is 45.5 Å². The Morgan fingerprint density at radius 2 is 2.19 bits per heavy atom. The molecule has 1 aromatic rings. The SMILES string of the molecule is CC1CC(=O)NN=C1c1ccc(C(C)C)cc1NC(=O)S. The highest BCUT2D eigenvalue weighted by Crippen LogP contribution is 2.27. The molecule has 0 saturated heterocycles. The maximum Gasteiger partial charge on any atom is 0.280 e. The van der Waals surface area contributed by atoms with E-state index in [9.17, 15) is 9.59 Å². The normalized spacial score (nSPS) is 18.2. The average molecular weight is 305 g/mol. The van der Waals surface area contributed by atoms with Gasteiger partial charge in [-0.3, -0.25) is 9.59 Å². The van der Waals surface area contributed by atoms with E-state index in [1.165, 1.54) is 0 Å². The van der Waals surface area contributed by atoms with Gasteiger partial charge < -0.3 is 5.32 Å². The number of amides is 2. The molecule has 1 heterocycles. The predicted molar refractivity (Wildman–Crippen MR) is 87.0 cm³/mol. The zero-order valence-electron chi connectivity index (χ0n) is 12.3. The number of rotatable bonds is 3. The topological polar surface area (TPSA) is 70.6 Å². The number of carbonyl (C=O) groups excluding carboxylic acids is 2. The minimum atomic E-state index is -0.426. The fourth-order valence-corrected chi connectivity index (χ4v) is 2.46. The summed E-state index contributed by atoms with van der Waals surface area (Å²) in [5, 5.41) is 6.45. The second-order valence-corrected chi connectivity index (χ2v) is 5.93. The molecule has 0 fully saturated rings. The Morgan fingerprint density at radius 3 is 2.76 bits per heavy atom. The lowest BCUT2D eigenvalue weighted by Crippen LogP contribution is -2.32. The first-order valence-corrected chi connectivity index (χ1v) is 7.34. The Labute approximate surface area is 129 Å². The molecule has 1 aromatic carbocycles. The van der Waals surface area contributed by atoms with Crippen LogP contribution >= 0.6 is 12.6 Å². The van der Waals surface area contributed by atoms with E-state index in [4.69, 9.17) is 0 Å². The van der Waals surface area contributed by atoms with Gasteiger partial charge in [0.05, 0.1) is 11.4 Å². The molecule has 2 N–H and O–H groups in total. The zero-order chi connectivity index (χ0) is 15.6. The van der Waals surface area contributed by atoms with Gasteiger partial charge in [-0.2, -0.15) is 5.10 Å². The van der Waals surface area contributed by atoms with Gasteiger partial charge in [-0.25, -0.2) is 5.43 Å². The number of thiol groups is 1. The maximum absolute atomic E-state index is 11.4. The number of hydrazone groups is 1. The first kappa shape index (κ1) is 15.6. The standard InChI is InChI=1S/C15H19N3O2S/c1-8(2)10-4-5-11(12(7-10)16-15(20)21)14-9(3)6-13(19)17-18-14/h4-5,7-9H,6H2,1-3H3,(H,17,19)(H2,16,20,21). The summed E-state index contributed by atoms with van der Waals surface area (Å²) in [5.41, 5.74) is 5.86. The predicted octanol–water partition coefficient (Wildman–Crippen LogP) is 3.13. The highest BCUT2D eigenvalue weighted by molar-refractivity contribution is 7.96. The van der Waals surface area contributed by atoms with E-state index in [1.807, 2.05) is 25.1 Å². The summed E-state index contributed by atoms with van der Waals surface area (Å²) < 4.78 is 0. The van der Waals surface area contributed by atoms with Gasteiger partial charge >= 0.3 is 0 Å². The van der Waals surface area contributed by atoms with Crippen LogP contribution in [0.3, 0.4) is 0 Å². The van der Waals surface area contributed by atoms with Gasteiger partial charge in [0.2, 0.25) is 5.91 Å². The zero-order valence-corrected chi connectivity index (χ0v) is 13.2. The van der Waals surface area contributed by atoms with Gasteiger partial charge in [0.1, 0.15) is 0 Å². The molecule has 1 aliphatic heterocycles. The van der Waals surface area contributed by atoms with Gasteiger partial charge in [-0.05, 0) is 17.5 Å². The van der Waals surface area contributed by atoms with Crippen LogP contribution in [-0.2, 0) is 4.79 Å². The third-order valence-electron chi connectivity index (χ3n) is 3.49. The summed E-state index contributed by atoms with van der Waals surface area (Å²) in [7, 11) is 0. The summed E-state index contributed by atoms with van der Waals surface area (Å²) in [5.74, 6) is 0.254. The van der Waals surface area contributed by atoms with Crippen LogP contribution in [0.4, 0.5) is 10.5 Å². The Bertz CT molecular complexity index is 611. The van der Waals surface area contributed by atoms with Crippen molar-refractivity contribution in [3.63, 3.8) is 0 Å². The minimum absolute atomic E-state index is 0.000723. The van der Waals surface area contributed by atoms with Gasteiger partial charge in [0.25, 0.3) is 5.24 Å². The van der Waals surface area contributed by atoms with Gasteiger partial charge in [0, 0.05) is 17.9 Å². The monoisotopic (exact) mass is 305 g/mol. The average Bonchev–Trinajstić information content (AvgIpc) is 2.38. The Morgan fingerprint density at radius 1 is 1.48 bits per heavy atom. The van der Waals surface area contributed by atoms with Crippen molar-refractivity contribution < 1.29 is 9.59 Å². The number of nitrogens with zero attached hydrogens (tertiary/aromatic N) is 1. The lowest BCUT2D eigenvalue weighted by atomic mass is 9.91. The van der Waals surface area contributed by atoms with Crippen molar-refractivity contribution in [2.45, 2.75) is 33.1 Å². The molecule has 1 unspecified atom stereocenters. The molecule has 1 aliphatic rings. The molecule has 21 heavy (non-hydrogen) atoms. The van der Waals surface area contributed by atoms with Crippen molar-refractivity contribution >= 4 is 35.2 Å². The van der Waals surface area contributed by atoms with E-state index >= 15 is 0 Å². The molecule has 1 atom stereocenters. The summed E-state index contributed by atoms with van der Waals surface area (Å²) in [6.45, 7) is 6.12. The highest BCUT2D eigenvalue weighted by Gasteiger charge is 2.24. The third-order valence-corrected chi connectivity index (χ3v) is 3.60. The van der Waals surface area contributed by atoms with Crippen molar-refractivity contribution in [3.05, 3.63) is 29.3 Å². The van der Waals surface area contributed by atoms with Crippen LogP contribution in [0.25, 0.3) is 0 Å². The first-order chi connectivity index (χ1) is 9.88. The highest BCUT2D eigenvalue weighted by atomic mass is 32.1. The number of anilines is 1. The summed E-state index contributed by atoms with van der Waals surface area (Å²) in [6.07, 6.45) is 0.388. The third kappa shape index (κ3) is 3.64. The fraction of sp³-hybridized carbons (Fsp3) is 0.400. The molecule has 0 aromatic heterocycles. The molecular formula is C15H19N3O2S. The van der Waals surface area contributed by atoms with Crippen molar-refractivity contribution in [1.29, 1.82) is 0 Å². The Balaban J connectivity index is 2.47. The van der Waals surface area contributed by atoms with Crippen LogP contribution in [0.1, 0.15) is 44.2 Å². The molecule has 2 rings (SSSR count). The van der Waals surface area contributed by atoms with E-state index in [-0.39, 0.29) is 11.8 Å². The number of hydrogen-bond donors (Lipinski definition) is 3. The van der Waals surface area contributed by atoms with Crippen molar-refractivity contribution in [1.82, 2.24) is 5.43 Å². The number of hydrogen-bond acceptors (Lipinski definition) is 3. The van der Waals surface area contributed by atoms with E-state index < -0.39 is 5.24 Å². The van der Waals surface area contributed by atoms with E-state index in [1.54, 1.807) is 0 Å². The second kappa shape index (κ2) is 6.30. The molecule has 0 radical (unpaired) electrons. The minimum Gasteiger partial charge on any atom is -0.316 e. The molecule has 5 nitrogen and oxygen atoms in total. The van der Waals surface area contributed by atoms with Crippen LogP contribution in [0.5, 0.6) is 0 Å². The Kier molecular flexibility index (Phi) is 4.67. The van der Waals surface area contributed by atoms with Crippen molar-refractivity contribution in [3.8, 4) is 0 Å². The second-order valence-electron chi connectivity index (χ2n) is 5.53. The van der Waals surface area contributed by atoms with Crippen LogP contribution < -0.4 is 10.7 Å². The van der Waals surface area contributed by atoms with Crippen LogP contribution in [0, 0.1) is 5.92 Å². The molecule has 2 amide bonds. The number of nitrogens with one attached hydrogen (secondary N) is 2. The smallest absolute Gasteiger partial charge is 0.280 e. The summed E-state index contributed by atoms with van der Waals surface area (Å²) >= 11 is 3.78. The van der Waals surface area contributed by atoms with Crippen LogP contribution in [0.15, 0.2) is 23.3 Å². The van der Waals surface area contributed by atoms with Gasteiger partial charge in [0.15, 0.2) is 0 Å². The fourth-order valence-electron chi connectivity index (χ4n) is 2.34. The largest absolute Gasteiger partial charge is 0.316 e. The molecular weight excluding hydrogens is 286 g/mol. The van der Waals surface area contributed by atoms with Crippen LogP contribution in [0.2, 0.25) is 0 Å². The van der Waals surface area contributed by atoms with Crippen molar-refractivity contribution in [2.75, 3.05) is 5.32 Å². The van der Waals surface area contributed by atoms with E-state index in [0.717, 1.165) is 16.8 Å². The van der Waals surface area contributed by atoms with Crippen LogP contribution in [-0.4, -0.2) is 16.9 Å². The van der Waals surface area contributed by atoms with E-state index in [2.05, 4.69) is 42.3 Å². The van der Waals surface area contributed by atoms with Gasteiger partial charge in [-0.15, -0.1) is 0 Å². The molecule has 0 spiro atoms. The summed E-state index contributed by atoms with van der Waals surface area (Å²) in [4.78, 5) is 22.7. The van der Waals surface area contributed by atoms with E-state index in [0.29, 0.717) is 18.0 Å². The summed E-state index contributed by atoms with van der Waals surface area (Å²) in [6, 6.07) is 5.88. The molecule has 0 saturated carbocycles. The quantitative estimate of drug-likeness (QED) is 0.751. The molecule has 0 aliphatic carbocycles. The number of carbonyl (C=O) groups is 2. The van der Waals surface area contributed by atoms with Crippen molar-refractivity contribution in [2.24, 2.45) is 11.0 Å². The Hall–Kier alpha value is -1.82. The first-order valence-electron chi connectivity index (χ1n) is 6.89. The lowest BCUT2D eigenvalue weighted by molar-refractivity contribution is -0.121. The lowest BCUT2D eigenvalue weighted by Gasteiger charge is -2.22. The maximum atomic E-state index is 11.4. The molecule has 6 heteroatoms. The molecule has 0 bridgehead atoms. The number of benzene rings is 1.